The average Bonchev–Trinajstić information content (AvgIpc) is 2.72. The Morgan fingerprint density at radius 2 is 2.11 bits per heavy atom. The lowest BCUT2D eigenvalue weighted by atomic mass is 10.4. The second kappa shape index (κ2) is 4.92. The van der Waals surface area contributed by atoms with Crippen LogP contribution in [0.3, 0.4) is 0 Å². The fraction of sp³-hybridized carbons (Fsp3) is 0.333. The zero-order valence-electron chi connectivity index (χ0n) is 9.10. The Hall–Kier alpha value is -1.64. The molecule has 2 heterocycles. The van der Waals surface area contributed by atoms with Crippen LogP contribution in [0.4, 0.5) is 13.2 Å². The Morgan fingerprint density at radius 3 is 2.72 bits per heavy atom. The number of hydrogen-bond acceptors (Lipinski definition) is 6. The number of aromatic nitrogens is 4. The van der Waals surface area contributed by atoms with Crippen molar-refractivity contribution in [3.05, 3.63) is 29.7 Å². The van der Waals surface area contributed by atoms with Crippen LogP contribution in [0, 0.1) is 6.92 Å². The van der Waals surface area contributed by atoms with Gasteiger partial charge in [-0.2, -0.15) is 18.2 Å². The first-order chi connectivity index (χ1) is 8.45. The first-order valence-corrected chi connectivity index (χ1v) is 5.76. The summed E-state index contributed by atoms with van der Waals surface area (Å²) in [6, 6.07) is 0.822. The number of nitrogens with zero attached hydrogens (tertiary/aromatic N) is 4. The van der Waals surface area contributed by atoms with Gasteiger partial charge in [0.15, 0.2) is 11.0 Å². The van der Waals surface area contributed by atoms with Crippen LogP contribution in [0.2, 0.25) is 0 Å². The van der Waals surface area contributed by atoms with Crippen molar-refractivity contribution in [2.24, 2.45) is 0 Å². The molecule has 2 rings (SSSR count). The van der Waals surface area contributed by atoms with Gasteiger partial charge in [-0.15, -0.1) is 0 Å². The normalized spacial score (nSPS) is 11.8. The molecule has 0 atom stereocenters. The molecule has 96 valence electrons. The van der Waals surface area contributed by atoms with Crippen LogP contribution in [0.15, 0.2) is 21.9 Å². The lowest BCUT2D eigenvalue weighted by Crippen LogP contribution is -2.08. The highest BCUT2D eigenvalue weighted by atomic mass is 32.2. The highest BCUT2D eigenvalue weighted by Gasteiger charge is 2.32. The summed E-state index contributed by atoms with van der Waals surface area (Å²) in [5.41, 5.74) is -0.968. The maximum atomic E-state index is 12.4. The summed E-state index contributed by atoms with van der Waals surface area (Å²) in [5, 5.41) is 3.64. The van der Waals surface area contributed by atoms with Gasteiger partial charge in [0.1, 0.15) is 5.69 Å². The van der Waals surface area contributed by atoms with Gasteiger partial charge in [-0.3, -0.25) is 0 Å². The number of rotatable bonds is 3. The summed E-state index contributed by atoms with van der Waals surface area (Å²) in [5.74, 6) is 1.03. The molecular weight excluding hydrogens is 269 g/mol. The van der Waals surface area contributed by atoms with Gasteiger partial charge in [0.05, 0.1) is 5.75 Å². The number of thioether (sulfide) groups is 1. The quantitative estimate of drug-likeness (QED) is 0.634. The molecule has 0 bridgehead atoms. The van der Waals surface area contributed by atoms with Crippen LogP contribution in [0.5, 0.6) is 0 Å². The third kappa shape index (κ3) is 3.19. The molecule has 0 unspecified atom stereocenters. The molecule has 0 spiro atoms. The van der Waals surface area contributed by atoms with Crippen molar-refractivity contribution < 1.29 is 17.7 Å². The molecule has 0 radical (unpaired) electrons. The minimum Gasteiger partial charge on any atom is -0.340 e. The minimum absolute atomic E-state index is 0.0206. The van der Waals surface area contributed by atoms with E-state index in [4.69, 9.17) is 4.52 Å². The highest BCUT2D eigenvalue weighted by molar-refractivity contribution is 7.98. The molecule has 0 aliphatic rings. The summed E-state index contributed by atoms with van der Waals surface area (Å²) in [4.78, 5) is 11.1. The van der Waals surface area contributed by atoms with Gasteiger partial charge in [0.2, 0.25) is 5.89 Å². The lowest BCUT2D eigenvalue weighted by Gasteiger charge is -2.05. The number of aryl methyl sites for hydroxylation is 1. The molecule has 0 saturated carbocycles. The predicted molar refractivity (Wildman–Crippen MR) is 55.6 cm³/mol. The van der Waals surface area contributed by atoms with Crippen molar-refractivity contribution in [1.82, 2.24) is 20.1 Å². The third-order valence-electron chi connectivity index (χ3n) is 1.82. The van der Waals surface area contributed by atoms with Crippen LogP contribution < -0.4 is 0 Å². The predicted octanol–water partition coefficient (Wildman–Crippen LogP) is 2.48. The van der Waals surface area contributed by atoms with Crippen LogP contribution in [-0.4, -0.2) is 20.1 Å². The third-order valence-corrected chi connectivity index (χ3v) is 2.68. The number of halogens is 3. The van der Waals surface area contributed by atoms with Gasteiger partial charge in [-0.05, 0) is 6.07 Å². The molecule has 2 aromatic heterocycles. The molecular formula is C9H7F3N4OS. The molecule has 18 heavy (non-hydrogen) atoms. The van der Waals surface area contributed by atoms with Crippen molar-refractivity contribution in [3.8, 4) is 0 Å². The molecule has 2 aromatic rings. The minimum atomic E-state index is -4.47. The summed E-state index contributed by atoms with van der Waals surface area (Å²) in [6.45, 7) is 1.63. The Balaban J connectivity index is 2.06. The summed E-state index contributed by atoms with van der Waals surface area (Å²) < 4.78 is 41.9. The van der Waals surface area contributed by atoms with E-state index in [0.717, 1.165) is 24.0 Å². The van der Waals surface area contributed by atoms with Crippen LogP contribution in [0.25, 0.3) is 0 Å². The largest absolute Gasteiger partial charge is 0.433 e. The molecule has 0 saturated heterocycles. The number of alkyl halides is 3. The van der Waals surface area contributed by atoms with E-state index in [1.54, 1.807) is 6.92 Å². The van der Waals surface area contributed by atoms with Gasteiger partial charge in [0, 0.05) is 13.1 Å². The molecule has 0 N–H and O–H groups in total. The van der Waals surface area contributed by atoms with E-state index in [-0.39, 0.29) is 10.9 Å². The van der Waals surface area contributed by atoms with Crippen molar-refractivity contribution in [3.63, 3.8) is 0 Å². The van der Waals surface area contributed by atoms with Crippen molar-refractivity contribution in [1.29, 1.82) is 0 Å². The van der Waals surface area contributed by atoms with Crippen LogP contribution in [-0.2, 0) is 11.9 Å². The van der Waals surface area contributed by atoms with Crippen LogP contribution >= 0.6 is 11.8 Å². The monoisotopic (exact) mass is 276 g/mol. The maximum Gasteiger partial charge on any atom is 0.433 e. The van der Waals surface area contributed by atoms with E-state index in [2.05, 4.69) is 20.1 Å². The fourth-order valence-electron chi connectivity index (χ4n) is 1.10. The van der Waals surface area contributed by atoms with Crippen LogP contribution in [0.1, 0.15) is 17.4 Å². The van der Waals surface area contributed by atoms with E-state index < -0.39 is 11.9 Å². The van der Waals surface area contributed by atoms with Gasteiger partial charge in [-0.25, -0.2) is 9.97 Å². The average molecular weight is 276 g/mol. The van der Waals surface area contributed by atoms with Gasteiger partial charge >= 0.3 is 6.18 Å². The molecule has 0 aliphatic heterocycles. The van der Waals surface area contributed by atoms with Crippen molar-refractivity contribution >= 4 is 11.8 Å². The van der Waals surface area contributed by atoms with Gasteiger partial charge < -0.3 is 4.52 Å². The van der Waals surface area contributed by atoms with E-state index in [9.17, 15) is 13.2 Å². The smallest absolute Gasteiger partial charge is 0.340 e. The summed E-state index contributed by atoms with van der Waals surface area (Å²) >= 11 is 1.01. The zero-order chi connectivity index (χ0) is 13.2. The standard InChI is InChI=1S/C9H7F3N4OS/c1-5-14-7(16-17-5)4-18-8-13-3-2-6(15-8)9(10,11)12/h2-3H,4H2,1H3. The maximum absolute atomic E-state index is 12.4. The highest BCUT2D eigenvalue weighted by Crippen LogP contribution is 2.28. The first-order valence-electron chi connectivity index (χ1n) is 4.77. The Morgan fingerprint density at radius 1 is 1.33 bits per heavy atom. The molecule has 0 aromatic carbocycles. The van der Waals surface area contributed by atoms with Gasteiger partial charge in [-0.1, -0.05) is 16.9 Å². The molecule has 9 heteroatoms. The number of hydrogen-bond donors (Lipinski definition) is 0. The summed E-state index contributed by atoms with van der Waals surface area (Å²) in [7, 11) is 0. The fourth-order valence-corrected chi connectivity index (χ4v) is 1.77. The molecule has 0 aliphatic carbocycles. The molecule has 0 amide bonds. The molecule has 0 fully saturated rings. The lowest BCUT2D eigenvalue weighted by molar-refractivity contribution is -0.141. The summed E-state index contributed by atoms with van der Waals surface area (Å²) in [6.07, 6.45) is -3.40. The van der Waals surface area contributed by atoms with E-state index in [1.807, 2.05) is 0 Å². The second-order valence-electron chi connectivity index (χ2n) is 3.24. The van der Waals surface area contributed by atoms with Crippen molar-refractivity contribution in [2.45, 2.75) is 24.0 Å². The van der Waals surface area contributed by atoms with E-state index in [0.29, 0.717) is 11.7 Å². The van der Waals surface area contributed by atoms with E-state index in [1.165, 1.54) is 0 Å². The van der Waals surface area contributed by atoms with Crippen molar-refractivity contribution in [2.75, 3.05) is 0 Å². The van der Waals surface area contributed by atoms with E-state index >= 15 is 0 Å². The molecule has 5 nitrogen and oxygen atoms in total. The van der Waals surface area contributed by atoms with Gasteiger partial charge in [0.25, 0.3) is 0 Å². The zero-order valence-corrected chi connectivity index (χ0v) is 9.92. The Bertz CT molecular complexity index is 543. The SMILES string of the molecule is Cc1nc(CSc2nccc(C(F)(F)F)n2)no1. The Kier molecular flexibility index (Phi) is 3.50. The second-order valence-corrected chi connectivity index (χ2v) is 4.18. The topological polar surface area (TPSA) is 64.7 Å². The first kappa shape index (κ1) is 12.8. The Labute approximate surface area is 104 Å².